The molecule has 12 aliphatic heterocycles. The van der Waals surface area contributed by atoms with Crippen molar-refractivity contribution >= 4 is 0 Å². The van der Waals surface area contributed by atoms with Gasteiger partial charge < -0.3 is 87.5 Å². The molecule has 18 unspecified atom stereocenters. The van der Waals surface area contributed by atoms with Crippen molar-refractivity contribution < 1.29 is 137 Å². The van der Waals surface area contributed by atoms with E-state index in [0.29, 0.717) is 155 Å². The Bertz CT molecular complexity index is 6410. The first-order valence-electron chi connectivity index (χ1n) is 67.7. The highest BCUT2D eigenvalue weighted by Gasteiger charge is 2.47. The van der Waals surface area contributed by atoms with E-state index in [-0.39, 0.29) is 80.4 Å². The normalized spacial score (nSPS) is 35.3. The lowest BCUT2D eigenvalue weighted by molar-refractivity contribution is -0.0259. The Hall–Kier alpha value is -7.56. The van der Waals surface area contributed by atoms with Crippen LogP contribution < -0.4 is 56.8 Å². The van der Waals surface area contributed by atoms with Crippen LogP contribution in [0.25, 0.3) is 0 Å². The third-order valence-corrected chi connectivity index (χ3v) is 29.3. The number of methoxy groups -OCH3 is 12. The molecule has 24 nitrogen and oxygen atoms in total. The predicted molar refractivity (Wildman–Crippen MR) is 561 cm³/mol. The Morgan fingerprint density at radius 2 is 0.426 bits per heavy atom. The molecule has 18 atom stereocenters. The van der Waals surface area contributed by atoms with Crippen LogP contribution in [0.4, 0.5) is 0 Å². The van der Waals surface area contributed by atoms with Gasteiger partial charge in [-0.3, -0.25) is 29.4 Å². The fourth-order valence-electron chi connectivity index (χ4n) is 22.7. The summed E-state index contributed by atoms with van der Waals surface area (Å²) in [5.41, 5.74) is 1.51. The molecule has 24 heteroatoms. The number of aliphatic hydroxyl groups excluding tert-OH is 6. The van der Waals surface area contributed by atoms with Gasteiger partial charge in [0.2, 0.25) is 0 Å². The molecule has 0 bridgehead atoms. The van der Waals surface area contributed by atoms with E-state index >= 15 is 0 Å². The second kappa shape index (κ2) is 48.4. The van der Waals surface area contributed by atoms with Crippen LogP contribution in [0.3, 0.4) is 0 Å². The van der Waals surface area contributed by atoms with Gasteiger partial charge >= 0.3 is 0 Å². The minimum Gasteiger partial charge on any atom is -0.493 e. The molecule has 0 saturated carbocycles. The van der Waals surface area contributed by atoms with Crippen molar-refractivity contribution in [2.45, 2.75) is 292 Å². The smallest absolute Gasteiger partial charge is 0.161 e. The van der Waals surface area contributed by atoms with E-state index in [2.05, 4.69) is 56.2 Å². The molecule has 141 heavy (non-hydrogen) atoms. The van der Waals surface area contributed by atoms with Gasteiger partial charge in [-0.15, -0.1) is 0 Å². The van der Waals surface area contributed by atoms with Crippen molar-refractivity contribution in [2.75, 3.05) is 164 Å². The third kappa shape index (κ3) is 26.9. The zero-order valence-electron chi connectivity index (χ0n) is 122. The number of piperidine rings is 6. The minimum atomic E-state index is -3.20. The van der Waals surface area contributed by atoms with Gasteiger partial charge in [-0.05, 0) is 324 Å². The zero-order chi connectivity index (χ0) is 133. The number of ether oxygens (including phenoxy) is 12. The predicted octanol–water partition coefficient (Wildman–Crippen LogP) is 19.3. The summed E-state index contributed by atoms with van der Waals surface area (Å²) < 4.78 is 357. The third-order valence-electron chi connectivity index (χ3n) is 29.3. The van der Waals surface area contributed by atoms with Gasteiger partial charge in [0.15, 0.2) is 69.0 Å². The van der Waals surface area contributed by atoms with Gasteiger partial charge in [-0.25, -0.2) is 0 Å². The number of nitrogens with zero attached hydrogens (tertiary/aromatic N) is 6. The second-order valence-corrected chi connectivity index (χ2v) is 41.3. The molecule has 18 rings (SSSR count). The van der Waals surface area contributed by atoms with Gasteiger partial charge in [-0.2, -0.15) is 0 Å². The quantitative estimate of drug-likeness (QED) is 0.0392. The van der Waals surface area contributed by atoms with Crippen LogP contribution in [0.5, 0.6) is 69.0 Å². The summed E-state index contributed by atoms with van der Waals surface area (Å²) >= 11 is 0. The molecule has 0 spiro atoms. The van der Waals surface area contributed by atoms with Crippen LogP contribution in [0.2, 0.25) is 0 Å². The van der Waals surface area contributed by atoms with E-state index in [1.165, 1.54) is 48.7 Å². The Morgan fingerprint density at radius 3 is 0.582 bits per heavy atom. The van der Waals surface area contributed by atoms with Crippen LogP contribution in [0, 0.1) is 69.5 Å². The zero-order valence-corrected chi connectivity index (χ0v) is 85.9. The molecule has 0 amide bonds. The lowest BCUT2D eigenvalue weighted by Crippen LogP contribution is -2.48. The summed E-state index contributed by atoms with van der Waals surface area (Å²) in [6.07, 6.45) is -6.90. The Balaban J connectivity index is 0.000000174. The molecule has 0 aromatic heterocycles. The molecule has 6 saturated heterocycles. The molecule has 786 valence electrons. The monoisotopic (exact) mass is 1990 g/mol. The fourth-order valence-corrected chi connectivity index (χ4v) is 22.7. The minimum absolute atomic E-state index is 0.114. The number of hydrogen-bond donors (Lipinski definition) is 6. The highest BCUT2D eigenvalue weighted by Crippen LogP contribution is 2.53. The first-order chi connectivity index (χ1) is 81.3. The topological polar surface area (TPSA) is 252 Å². The standard InChI is InChI=1S/3C20H31NO3.3C19H29NO3/c3*1-20(2,3)11-14-12-21-7-6-13-8-18(23-4)19(24-5)9-15(13)16(21)10-17(14)22;3*1-12(2)7-14-11-20-6-5-13-8-18(22-3)19(23-4)9-15(13)16(20)10-17(14)21/h3*8-9,14,16-17,22H,6-7,10-12H2,1-5H3;3*8-9,12,14,16-17,21H,5-7,10-11H2,1-4H3/i1D3,2D3,5D3,11D2,16D;2*1D3,2D3,11D2,16D;4D3,16D;2*16D. The van der Waals surface area contributed by atoms with Gasteiger partial charge in [0, 0.05) is 148 Å². The maximum atomic E-state index is 11.1. The Morgan fingerprint density at radius 1 is 0.270 bits per heavy atom. The molecular weight excluding hydrogens is 1780 g/mol. The number of rotatable bonds is 21. The summed E-state index contributed by atoms with van der Waals surface area (Å²) in [7, 11) is 9.94. The van der Waals surface area contributed by atoms with E-state index in [9.17, 15) is 34.8 Å². The number of hydrogen-bond acceptors (Lipinski definition) is 24. The molecule has 6 fully saturated rings. The van der Waals surface area contributed by atoms with E-state index in [1.54, 1.807) is 85.6 Å². The molecule has 6 N–H and O–H groups in total. The summed E-state index contributed by atoms with van der Waals surface area (Å²) in [5.74, 6) is 3.36. The fraction of sp³-hybridized carbons (Fsp3) is 0.692. The Labute approximate surface area is 897 Å². The van der Waals surface area contributed by atoms with Crippen molar-refractivity contribution in [3.63, 3.8) is 0 Å². The molecule has 12 heterocycles. The molecule has 0 aliphatic carbocycles. The molecule has 12 aliphatic rings. The van der Waals surface area contributed by atoms with Gasteiger partial charge in [0.1, 0.15) is 0 Å². The second-order valence-electron chi connectivity index (χ2n) is 41.3. The maximum Gasteiger partial charge on any atom is 0.161 e. The van der Waals surface area contributed by atoms with Crippen LogP contribution in [0.15, 0.2) is 72.8 Å². The van der Waals surface area contributed by atoms with E-state index in [1.807, 2.05) is 24.3 Å². The maximum absolute atomic E-state index is 11.1. The van der Waals surface area contributed by atoms with Gasteiger partial charge in [0.05, 0.1) is 138 Å². The van der Waals surface area contributed by atoms with Gasteiger partial charge in [-0.1, -0.05) is 103 Å². The van der Waals surface area contributed by atoms with Crippen molar-refractivity contribution in [3.05, 3.63) is 140 Å². The largest absolute Gasteiger partial charge is 0.493 e. The molecule has 6 aromatic rings. The highest BCUT2D eigenvalue weighted by molar-refractivity contribution is 5.55. The number of fused-ring (bicyclic) bond motifs is 18. The van der Waals surface area contributed by atoms with Crippen LogP contribution >= 0.6 is 0 Å². The van der Waals surface area contributed by atoms with Crippen molar-refractivity contribution in [2.24, 2.45) is 69.5 Å². The number of aliphatic hydroxyl groups is 6. The van der Waals surface area contributed by atoms with E-state index < -0.39 is 181 Å². The first kappa shape index (κ1) is 71.1. The molecular formula is C117H180N6O18. The van der Waals surface area contributed by atoms with Crippen molar-refractivity contribution in [3.8, 4) is 69.0 Å². The average molecular weight is 1990 g/mol. The summed E-state index contributed by atoms with van der Waals surface area (Å²) in [6, 6.07) is 13.9. The lowest BCUT2D eigenvalue weighted by atomic mass is 9.75. The summed E-state index contributed by atoms with van der Waals surface area (Å²) in [5, 5.41) is 65.2. The summed E-state index contributed by atoms with van der Waals surface area (Å²) in [6.45, 7) is 1.82. The molecule has 6 aromatic carbocycles. The van der Waals surface area contributed by atoms with E-state index in [0.717, 1.165) is 131 Å². The van der Waals surface area contributed by atoms with Crippen molar-refractivity contribution in [1.29, 1.82) is 0 Å². The van der Waals surface area contributed by atoms with Crippen LogP contribution in [0.1, 0.15) is 333 Å². The van der Waals surface area contributed by atoms with E-state index in [4.69, 9.17) is 102 Å². The van der Waals surface area contributed by atoms with Crippen LogP contribution in [-0.2, 0) is 38.5 Å². The Kier molecular flexibility index (Phi) is 24.4. The lowest BCUT2D eigenvalue weighted by Gasteiger charge is -2.47. The highest BCUT2D eigenvalue weighted by atomic mass is 16.5. The first-order valence-corrected chi connectivity index (χ1v) is 49.7. The van der Waals surface area contributed by atoms with Crippen molar-refractivity contribution in [1.82, 2.24) is 29.4 Å². The number of benzene rings is 6. The molecule has 0 radical (unpaired) electrons. The SMILES string of the molecule is [2H]C([2H])([2H])Oc1cc2c(cc1OC)CCN1CC(C([2H])([2H])C(C)(C([2H])([2H])[2H])C([2H])([2H])[2H])C(O)CC21[2H].[2H]C([2H])([2H])Oc1cc2c(cc1OC)CCN1CC(CC(C)C)C(O)CC21[2H].[2H]C12CC(O)C(C([2H])([2H])C(C)(C([2H])([2H])[2H])C([2H])([2H])[2H])CN1CCc1cc(OC)c(OC)cc12.[2H]C12CC(O)C(C([2H])([2H])C(C)(C([2H])([2H])[2H])C([2H])([2H])[2H])CN1CCc1cc(OC)c(OC)cc12.[2H]C12CC(O)C(CC(C)C)CN1CCc1cc(OC)c(OC)cc12.[2H]C12CC(O)C(CC(C)C)CN1CCc1cc(OC)c(OC)cc12. The van der Waals surface area contributed by atoms with Gasteiger partial charge in [0.25, 0.3) is 0 Å². The average Bonchev–Trinajstić information content (AvgIpc) is 0.704. The summed E-state index contributed by atoms with van der Waals surface area (Å²) in [4.78, 5) is 11.5. The van der Waals surface area contributed by atoms with Crippen LogP contribution in [-0.4, -0.2) is 260 Å².